The van der Waals surface area contributed by atoms with Crippen molar-refractivity contribution < 1.29 is 4.79 Å². The predicted molar refractivity (Wildman–Crippen MR) is 46.4 cm³/mol. The molecule has 1 unspecified atom stereocenters. The van der Waals surface area contributed by atoms with Crippen LogP contribution in [0.1, 0.15) is 44.9 Å². The average Bonchev–Trinajstić information content (AvgIpc) is 2.46. The van der Waals surface area contributed by atoms with E-state index in [1.165, 1.54) is 0 Å². The Hall–Kier alpha value is -0.840. The van der Waals surface area contributed by atoms with Crippen molar-refractivity contribution in [1.29, 1.82) is 5.26 Å². The molecule has 1 saturated carbocycles. The van der Waals surface area contributed by atoms with Crippen LogP contribution in [0, 0.1) is 17.2 Å². The zero-order chi connectivity index (χ0) is 8.81. The first-order valence-electron chi connectivity index (χ1n) is 4.74. The topological polar surface area (TPSA) is 40.9 Å². The first-order valence-corrected chi connectivity index (χ1v) is 4.74. The molecule has 0 saturated heterocycles. The van der Waals surface area contributed by atoms with Crippen molar-refractivity contribution in [3.8, 4) is 6.07 Å². The molecule has 0 spiro atoms. The first kappa shape index (κ1) is 9.25. The molecule has 0 amide bonds. The van der Waals surface area contributed by atoms with Gasteiger partial charge < -0.3 is 0 Å². The standard InChI is InChI=1S/C10H15NO/c11-8-3-1-2-5-9-6-4-7-10(9)12/h9H,1-7H2. The Kier molecular flexibility index (Phi) is 3.79. The molecule has 66 valence electrons. The maximum atomic E-state index is 11.2. The molecule has 12 heavy (non-hydrogen) atoms. The minimum atomic E-state index is 0.337. The van der Waals surface area contributed by atoms with E-state index in [4.69, 9.17) is 5.26 Å². The van der Waals surface area contributed by atoms with E-state index in [0.29, 0.717) is 18.1 Å². The fraction of sp³-hybridized carbons (Fsp3) is 0.800. The molecule has 0 aliphatic heterocycles. The van der Waals surface area contributed by atoms with E-state index in [1.54, 1.807) is 0 Å². The number of carbonyl (C=O) groups is 1. The zero-order valence-corrected chi connectivity index (χ0v) is 7.38. The number of rotatable bonds is 4. The maximum absolute atomic E-state index is 11.2. The van der Waals surface area contributed by atoms with Crippen LogP contribution in [0.2, 0.25) is 0 Å². The van der Waals surface area contributed by atoms with Crippen LogP contribution in [0.5, 0.6) is 0 Å². The minimum absolute atomic E-state index is 0.337. The third-order valence-corrected chi connectivity index (χ3v) is 2.52. The lowest BCUT2D eigenvalue weighted by Gasteiger charge is -2.04. The lowest BCUT2D eigenvalue weighted by molar-refractivity contribution is -0.120. The number of ketones is 1. The van der Waals surface area contributed by atoms with Gasteiger partial charge in [0.1, 0.15) is 5.78 Å². The van der Waals surface area contributed by atoms with E-state index >= 15 is 0 Å². The summed E-state index contributed by atoms with van der Waals surface area (Å²) in [5, 5.41) is 8.29. The Balaban J connectivity index is 2.07. The van der Waals surface area contributed by atoms with Crippen LogP contribution >= 0.6 is 0 Å². The van der Waals surface area contributed by atoms with E-state index in [1.807, 2.05) is 0 Å². The Morgan fingerprint density at radius 1 is 1.50 bits per heavy atom. The lowest BCUT2D eigenvalue weighted by Crippen LogP contribution is -2.05. The van der Waals surface area contributed by atoms with Crippen LogP contribution in [0.4, 0.5) is 0 Å². The zero-order valence-electron chi connectivity index (χ0n) is 7.38. The highest BCUT2D eigenvalue weighted by Gasteiger charge is 2.23. The van der Waals surface area contributed by atoms with Crippen molar-refractivity contribution in [2.24, 2.45) is 5.92 Å². The van der Waals surface area contributed by atoms with Crippen LogP contribution in [0.15, 0.2) is 0 Å². The summed E-state index contributed by atoms with van der Waals surface area (Å²) in [6.07, 6.45) is 6.63. The summed E-state index contributed by atoms with van der Waals surface area (Å²) in [5.74, 6) is 0.788. The van der Waals surface area contributed by atoms with Crippen molar-refractivity contribution in [2.75, 3.05) is 0 Å². The van der Waals surface area contributed by atoms with E-state index in [9.17, 15) is 4.79 Å². The molecule has 0 bridgehead atoms. The SMILES string of the molecule is N#CCCCCC1CCCC1=O. The van der Waals surface area contributed by atoms with E-state index in [2.05, 4.69) is 6.07 Å². The third-order valence-electron chi connectivity index (χ3n) is 2.52. The molecule has 0 heterocycles. The van der Waals surface area contributed by atoms with Gasteiger partial charge in [0.2, 0.25) is 0 Å². The number of nitrogens with zero attached hydrogens (tertiary/aromatic N) is 1. The molecule has 0 N–H and O–H groups in total. The molecule has 2 nitrogen and oxygen atoms in total. The van der Waals surface area contributed by atoms with Crippen molar-refractivity contribution in [2.45, 2.75) is 44.9 Å². The predicted octanol–water partition coefficient (Wildman–Crippen LogP) is 2.44. The summed E-state index contributed by atoms with van der Waals surface area (Å²) in [7, 11) is 0. The van der Waals surface area contributed by atoms with Crippen molar-refractivity contribution in [1.82, 2.24) is 0 Å². The van der Waals surface area contributed by atoms with Gasteiger partial charge in [-0.25, -0.2) is 0 Å². The van der Waals surface area contributed by atoms with Crippen molar-refractivity contribution in [3.05, 3.63) is 0 Å². The molecule has 1 aliphatic carbocycles. The number of Topliss-reactive ketones (excluding diaryl/α,β-unsaturated/α-hetero) is 1. The minimum Gasteiger partial charge on any atom is -0.299 e. The van der Waals surface area contributed by atoms with E-state index in [0.717, 1.165) is 38.5 Å². The summed E-state index contributed by atoms with van der Waals surface area (Å²) in [5.41, 5.74) is 0. The largest absolute Gasteiger partial charge is 0.299 e. The molecule has 1 aliphatic rings. The highest BCUT2D eigenvalue weighted by Crippen LogP contribution is 2.25. The van der Waals surface area contributed by atoms with Gasteiger partial charge >= 0.3 is 0 Å². The van der Waals surface area contributed by atoms with Crippen molar-refractivity contribution in [3.63, 3.8) is 0 Å². The highest BCUT2D eigenvalue weighted by atomic mass is 16.1. The summed E-state index contributed by atoms with van der Waals surface area (Å²) in [6.45, 7) is 0. The van der Waals surface area contributed by atoms with Gasteiger partial charge in [0.05, 0.1) is 6.07 Å². The molecule has 0 aromatic carbocycles. The highest BCUT2D eigenvalue weighted by molar-refractivity contribution is 5.82. The van der Waals surface area contributed by atoms with Gasteiger partial charge in [-0.05, 0) is 25.7 Å². The molecule has 1 rings (SSSR count). The molecule has 0 radical (unpaired) electrons. The Morgan fingerprint density at radius 3 is 2.92 bits per heavy atom. The normalized spacial score (nSPS) is 22.6. The van der Waals surface area contributed by atoms with Gasteiger partial charge in [-0.15, -0.1) is 0 Å². The van der Waals surface area contributed by atoms with Crippen LogP contribution < -0.4 is 0 Å². The van der Waals surface area contributed by atoms with Gasteiger partial charge in [-0.1, -0.05) is 6.42 Å². The van der Waals surface area contributed by atoms with Gasteiger partial charge in [-0.3, -0.25) is 4.79 Å². The Labute approximate surface area is 73.6 Å². The summed E-state index contributed by atoms with van der Waals surface area (Å²) >= 11 is 0. The number of unbranched alkanes of at least 4 members (excludes halogenated alkanes) is 2. The molecule has 2 heteroatoms. The monoisotopic (exact) mass is 165 g/mol. The second kappa shape index (κ2) is 4.92. The van der Waals surface area contributed by atoms with Crippen LogP contribution in [-0.4, -0.2) is 5.78 Å². The average molecular weight is 165 g/mol. The second-order valence-electron chi connectivity index (χ2n) is 3.46. The van der Waals surface area contributed by atoms with Gasteiger partial charge in [0, 0.05) is 18.8 Å². The first-order chi connectivity index (χ1) is 5.84. The van der Waals surface area contributed by atoms with Crippen LogP contribution in [0.3, 0.4) is 0 Å². The smallest absolute Gasteiger partial charge is 0.135 e. The fourth-order valence-electron chi connectivity index (χ4n) is 1.79. The maximum Gasteiger partial charge on any atom is 0.135 e. The summed E-state index contributed by atoms with van der Waals surface area (Å²) < 4.78 is 0. The number of carbonyl (C=O) groups excluding carboxylic acids is 1. The van der Waals surface area contributed by atoms with Gasteiger partial charge in [0.25, 0.3) is 0 Å². The van der Waals surface area contributed by atoms with Crippen LogP contribution in [-0.2, 0) is 4.79 Å². The fourth-order valence-corrected chi connectivity index (χ4v) is 1.79. The van der Waals surface area contributed by atoms with E-state index in [-0.39, 0.29) is 0 Å². The second-order valence-corrected chi connectivity index (χ2v) is 3.46. The Morgan fingerprint density at radius 2 is 2.33 bits per heavy atom. The number of nitriles is 1. The van der Waals surface area contributed by atoms with Crippen LogP contribution in [0.25, 0.3) is 0 Å². The third kappa shape index (κ3) is 2.65. The molecule has 0 aromatic rings. The molecule has 1 atom stereocenters. The van der Waals surface area contributed by atoms with Crippen molar-refractivity contribution >= 4 is 5.78 Å². The van der Waals surface area contributed by atoms with Gasteiger partial charge in [-0.2, -0.15) is 5.26 Å². The van der Waals surface area contributed by atoms with E-state index < -0.39 is 0 Å². The molecular formula is C10H15NO. The quantitative estimate of drug-likeness (QED) is 0.600. The summed E-state index contributed by atoms with van der Waals surface area (Å²) in [6, 6.07) is 2.12. The molecule has 1 fully saturated rings. The Bertz CT molecular complexity index is 193. The number of hydrogen-bond acceptors (Lipinski definition) is 2. The molecule has 0 aromatic heterocycles. The van der Waals surface area contributed by atoms with Gasteiger partial charge in [0.15, 0.2) is 0 Å². The lowest BCUT2D eigenvalue weighted by atomic mass is 9.99. The summed E-state index contributed by atoms with van der Waals surface area (Å²) in [4.78, 5) is 11.2. The number of hydrogen-bond donors (Lipinski definition) is 0. The molecular weight excluding hydrogens is 150 g/mol.